The first kappa shape index (κ1) is 18.4. The molecule has 0 fully saturated rings. The minimum Gasteiger partial charge on any atom is -0.496 e. The number of hydrogen-bond acceptors (Lipinski definition) is 5. The Morgan fingerprint density at radius 3 is 3.04 bits per heavy atom. The van der Waals surface area contributed by atoms with Gasteiger partial charge in [-0.25, -0.2) is 0 Å². The number of benzene rings is 1. The Balaban J connectivity index is 1.76. The third-order valence-corrected chi connectivity index (χ3v) is 5.93. The van der Waals surface area contributed by atoms with Crippen molar-refractivity contribution in [1.29, 1.82) is 5.26 Å². The highest BCUT2D eigenvalue weighted by Crippen LogP contribution is 2.36. The molecule has 1 aliphatic rings. The monoisotopic (exact) mass is 369 g/mol. The largest absolute Gasteiger partial charge is 0.496 e. The van der Waals surface area contributed by atoms with E-state index in [2.05, 4.69) is 16.7 Å². The van der Waals surface area contributed by atoms with Gasteiger partial charge in [-0.2, -0.15) is 5.26 Å². The molecule has 0 spiro atoms. The first-order valence-corrected chi connectivity index (χ1v) is 9.55. The van der Waals surface area contributed by atoms with Crippen LogP contribution in [0.2, 0.25) is 0 Å². The fourth-order valence-electron chi connectivity index (χ4n) is 3.56. The van der Waals surface area contributed by atoms with E-state index in [4.69, 9.17) is 4.74 Å². The Labute approximate surface area is 158 Å². The van der Waals surface area contributed by atoms with Gasteiger partial charge in [0.25, 0.3) is 0 Å². The van der Waals surface area contributed by atoms with E-state index in [1.807, 2.05) is 32.0 Å². The van der Waals surface area contributed by atoms with E-state index in [-0.39, 0.29) is 11.8 Å². The molecule has 26 heavy (non-hydrogen) atoms. The van der Waals surface area contributed by atoms with Crippen molar-refractivity contribution in [1.82, 2.24) is 5.32 Å². The van der Waals surface area contributed by atoms with Gasteiger partial charge in [0.1, 0.15) is 16.8 Å². The molecule has 1 atom stereocenters. The van der Waals surface area contributed by atoms with Gasteiger partial charge in [0.05, 0.1) is 12.7 Å². The third kappa shape index (κ3) is 3.59. The lowest BCUT2D eigenvalue weighted by atomic mass is 9.92. The molecule has 1 aromatic carbocycles. The molecule has 5 nitrogen and oxygen atoms in total. The molecule has 6 heteroatoms. The van der Waals surface area contributed by atoms with Crippen molar-refractivity contribution in [2.75, 3.05) is 19.0 Å². The van der Waals surface area contributed by atoms with Gasteiger partial charge in [0, 0.05) is 23.4 Å². The number of fused-ring (bicyclic) bond motifs is 1. The van der Waals surface area contributed by atoms with Gasteiger partial charge >= 0.3 is 0 Å². The second-order valence-corrected chi connectivity index (χ2v) is 7.70. The molecule has 0 saturated heterocycles. The number of thiophene rings is 1. The van der Waals surface area contributed by atoms with Crippen molar-refractivity contribution in [3.63, 3.8) is 0 Å². The summed E-state index contributed by atoms with van der Waals surface area (Å²) in [5.74, 6) is 0.750. The molecule has 1 aliphatic heterocycles. The summed E-state index contributed by atoms with van der Waals surface area (Å²) in [6, 6.07) is 8.17. The third-order valence-electron chi connectivity index (χ3n) is 4.78. The number of nitrogens with zero attached hydrogens (tertiary/aromatic N) is 1. The second-order valence-electron chi connectivity index (χ2n) is 6.59. The number of amides is 1. The van der Waals surface area contributed by atoms with Crippen molar-refractivity contribution in [3.8, 4) is 11.8 Å². The number of ether oxygens (including phenoxy) is 1. The van der Waals surface area contributed by atoms with Crippen LogP contribution in [0.3, 0.4) is 0 Å². The number of nitriles is 1. The Bertz CT molecular complexity index is 867. The highest BCUT2D eigenvalue weighted by Gasteiger charge is 2.23. The summed E-state index contributed by atoms with van der Waals surface area (Å²) in [6.07, 6.45) is 1.17. The normalized spacial score (nSPS) is 14.2. The van der Waals surface area contributed by atoms with E-state index in [0.717, 1.165) is 46.8 Å². The zero-order valence-electron chi connectivity index (χ0n) is 15.3. The molecule has 0 radical (unpaired) electrons. The molecular weight excluding hydrogens is 346 g/mol. The lowest BCUT2D eigenvalue weighted by molar-refractivity contribution is -0.116. The zero-order valence-corrected chi connectivity index (χ0v) is 16.1. The molecule has 1 unspecified atom stereocenters. The van der Waals surface area contributed by atoms with Gasteiger partial charge in [-0.15, -0.1) is 11.3 Å². The first-order valence-electron chi connectivity index (χ1n) is 8.73. The summed E-state index contributed by atoms with van der Waals surface area (Å²) in [6.45, 7) is 5.69. The molecular formula is C20H23N3O2S. The maximum atomic E-state index is 12.6. The summed E-state index contributed by atoms with van der Waals surface area (Å²) in [5, 5.41) is 16.5. The van der Waals surface area contributed by atoms with Crippen molar-refractivity contribution in [2.45, 2.75) is 39.2 Å². The van der Waals surface area contributed by atoms with Crippen LogP contribution in [0.1, 0.15) is 46.4 Å². The summed E-state index contributed by atoms with van der Waals surface area (Å²) < 4.78 is 5.46. The van der Waals surface area contributed by atoms with Crippen LogP contribution in [-0.2, 0) is 17.8 Å². The molecule has 136 valence electrons. The molecule has 2 heterocycles. The van der Waals surface area contributed by atoms with E-state index in [1.165, 1.54) is 11.3 Å². The summed E-state index contributed by atoms with van der Waals surface area (Å²) in [4.78, 5) is 13.8. The summed E-state index contributed by atoms with van der Waals surface area (Å²) in [5.41, 5.74) is 3.88. The highest BCUT2D eigenvalue weighted by molar-refractivity contribution is 7.16. The van der Waals surface area contributed by atoms with Crippen LogP contribution in [0, 0.1) is 18.3 Å². The second kappa shape index (κ2) is 7.90. The first-order chi connectivity index (χ1) is 12.5. The van der Waals surface area contributed by atoms with Crippen LogP contribution in [0.4, 0.5) is 5.00 Å². The van der Waals surface area contributed by atoms with Gasteiger partial charge in [0.2, 0.25) is 5.91 Å². The van der Waals surface area contributed by atoms with Crippen LogP contribution in [0.25, 0.3) is 0 Å². The van der Waals surface area contributed by atoms with Crippen LogP contribution in [0.15, 0.2) is 18.2 Å². The Morgan fingerprint density at radius 2 is 2.31 bits per heavy atom. The predicted molar refractivity (Wildman–Crippen MR) is 104 cm³/mol. The average Bonchev–Trinajstić information content (AvgIpc) is 2.97. The molecule has 3 rings (SSSR count). The van der Waals surface area contributed by atoms with Crippen LogP contribution >= 0.6 is 11.3 Å². The fraction of sp³-hybridized carbons (Fsp3) is 0.400. The minimum atomic E-state index is -0.0779. The van der Waals surface area contributed by atoms with Gasteiger partial charge in [-0.1, -0.05) is 19.1 Å². The number of carbonyl (C=O) groups excluding carboxylic acids is 1. The smallest absolute Gasteiger partial charge is 0.225 e. The number of aryl methyl sites for hydroxylation is 1. The minimum absolute atomic E-state index is 0.0212. The lowest BCUT2D eigenvalue weighted by Crippen LogP contribution is -2.22. The molecule has 2 N–H and O–H groups in total. The van der Waals surface area contributed by atoms with Crippen LogP contribution < -0.4 is 15.4 Å². The number of anilines is 1. The number of carbonyl (C=O) groups is 1. The molecule has 1 aromatic heterocycles. The van der Waals surface area contributed by atoms with E-state index < -0.39 is 0 Å². The van der Waals surface area contributed by atoms with Gasteiger partial charge in [-0.05, 0) is 43.0 Å². The zero-order chi connectivity index (χ0) is 18.7. The van der Waals surface area contributed by atoms with Gasteiger partial charge in [0.15, 0.2) is 0 Å². The molecule has 1 amide bonds. The van der Waals surface area contributed by atoms with Gasteiger partial charge < -0.3 is 15.4 Å². The lowest BCUT2D eigenvalue weighted by Gasteiger charge is -2.18. The highest BCUT2D eigenvalue weighted by atomic mass is 32.1. The average molecular weight is 369 g/mol. The van der Waals surface area contributed by atoms with Crippen molar-refractivity contribution in [2.24, 2.45) is 0 Å². The van der Waals surface area contributed by atoms with Crippen molar-refractivity contribution in [3.05, 3.63) is 45.3 Å². The molecule has 0 aliphatic carbocycles. The van der Waals surface area contributed by atoms with E-state index in [1.54, 1.807) is 7.11 Å². The maximum absolute atomic E-state index is 12.6. The van der Waals surface area contributed by atoms with Crippen molar-refractivity contribution >= 4 is 22.2 Å². The fourth-order valence-corrected chi connectivity index (χ4v) is 4.75. The van der Waals surface area contributed by atoms with E-state index >= 15 is 0 Å². The quantitative estimate of drug-likeness (QED) is 0.842. The number of methoxy groups -OCH3 is 1. The number of hydrogen-bond donors (Lipinski definition) is 2. The van der Waals surface area contributed by atoms with Crippen LogP contribution in [-0.4, -0.2) is 19.6 Å². The molecule has 2 aromatic rings. The predicted octanol–water partition coefficient (Wildman–Crippen LogP) is 3.71. The van der Waals surface area contributed by atoms with Crippen LogP contribution in [0.5, 0.6) is 5.75 Å². The van der Waals surface area contributed by atoms with Gasteiger partial charge in [-0.3, -0.25) is 4.79 Å². The SMILES string of the molecule is COc1cccc(C)c1C(C)CC(=O)Nc1sc2c(c1C#N)CCNC2. The number of nitrogens with one attached hydrogen (secondary N) is 2. The topological polar surface area (TPSA) is 74.1 Å². The summed E-state index contributed by atoms with van der Waals surface area (Å²) >= 11 is 1.51. The summed E-state index contributed by atoms with van der Waals surface area (Å²) in [7, 11) is 1.65. The Hall–Kier alpha value is -2.36. The van der Waals surface area contributed by atoms with E-state index in [0.29, 0.717) is 17.0 Å². The molecule has 0 bridgehead atoms. The maximum Gasteiger partial charge on any atom is 0.225 e. The Kier molecular flexibility index (Phi) is 5.60. The standard InChI is InChI=1S/C20H23N3O2S/c1-12-5-4-6-16(25-3)19(12)13(2)9-18(24)23-20-15(10-21)14-7-8-22-11-17(14)26-20/h4-6,13,22H,7-9,11H2,1-3H3,(H,23,24). The van der Waals surface area contributed by atoms with E-state index in [9.17, 15) is 10.1 Å². The Morgan fingerprint density at radius 1 is 1.50 bits per heavy atom. The van der Waals surface area contributed by atoms with Crippen molar-refractivity contribution < 1.29 is 9.53 Å². The number of rotatable bonds is 5. The molecule has 0 saturated carbocycles.